The summed E-state index contributed by atoms with van der Waals surface area (Å²) >= 11 is 5.89. The van der Waals surface area contributed by atoms with Crippen molar-refractivity contribution < 1.29 is 0 Å². The molecule has 2 atom stereocenters. The van der Waals surface area contributed by atoms with E-state index in [9.17, 15) is 0 Å². The molecular formula is C30H33N5S. The molecule has 5 rings (SSSR count). The Hall–Kier alpha value is -3.64. The Bertz CT molecular complexity index is 1330. The Balaban J connectivity index is 1.46. The molecule has 0 spiro atoms. The first-order chi connectivity index (χ1) is 17.5. The van der Waals surface area contributed by atoms with E-state index in [4.69, 9.17) is 17.2 Å². The van der Waals surface area contributed by atoms with Gasteiger partial charge in [-0.1, -0.05) is 42.5 Å². The van der Waals surface area contributed by atoms with E-state index in [0.29, 0.717) is 0 Å². The second-order valence-corrected chi connectivity index (χ2v) is 9.80. The number of pyridine rings is 1. The lowest BCUT2D eigenvalue weighted by Gasteiger charge is -2.28. The molecule has 1 fully saturated rings. The molecule has 0 aliphatic carbocycles. The zero-order valence-corrected chi connectivity index (χ0v) is 21.9. The lowest BCUT2D eigenvalue weighted by molar-refractivity contribution is 0.315. The van der Waals surface area contributed by atoms with Crippen LogP contribution in [0.25, 0.3) is 5.69 Å². The maximum Gasteiger partial charge on any atom is 0.170 e. The van der Waals surface area contributed by atoms with Crippen LogP contribution in [0, 0.1) is 20.8 Å². The summed E-state index contributed by atoms with van der Waals surface area (Å²) in [4.78, 5) is 7.06. The number of benzene rings is 2. The van der Waals surface area contributed by atoms with Crippen molar-refractivity contribution in [2.75, 3.05) is 18.4 Å². The van der Waals surface area contributed by atoms with Crippen LogP contribution in [0.15, 0.2) is 85.1 Å². The highest BCUT2D eigenvalue weighted by molar-refractivity contribution is 7.80. The lowest BCUT2D eigenvalue weighted by Crippen LogP contribution is -2.31. The van der Waals surface area contributed by atoms with Crippen molar-refractivity contribution in [1.82, 2.24) is 19.8 Å². The topological polar surface area (TPSA) is 45.1 Å². The molecule has 6 heteroatoms. The highest BCUT2D eigenvalue weighted by Gasteiger charge is 2.41. The van der Waals surface area contributed by atoms with Gasteiger partial charge in [-0.15, -0.1) is 0 Å². The van der Waals surface area contributed by atoms with Crippen LogP contribution in [-0.2, 0) is 0 Å². The summed E-state index contributed by atoms with van der Waals surface area (Å²) in [5.41, 5.74) is 8.39. The minimum absolute atomic E-state index is 0.00778. The van der Waals surface area contributed by atoms with Crippen LogP contribution in [0.1, 0.15) is 46.7 Å². The first-order valence-corrected chi connectivity index (χ1v) is 13.0. The number of para-hydroxylation sites is 2. The SMILES string of the molecule is Cc1ccccc1-n1c(C)cc(C2C(c3ccccn3)NC(=S)N2CCCNc2ccccc2)c1C. The minimum Gasteiger partial charge on any atom is -0.385 e. The standard InChI is InChI=1S/C30H33N5S/c1-21-12-7-8-16-27(21)35-22(2)20-25(23(35)3)29-28(26-15-9-10-17-32-26)33-30(36)34(29)19-11-18-31-24-13-5-4-6-14-24/h4-10,12-17,20,28-29,31H,11,18-19H2,1-3H3,(H,33,36). The van der Waals surface area contributed by atoms with E-state index in [1.807, 2.05) is 24.4 Å². The molecule has 1 aliphatic heterocycles. The molecule has 1 aliphatic rings. The van der Waals surface area contributed by atoms with Gasteiger partial charge in [0.15, 0.2) is 5.11 Å². The summed E-state index contributed by atoms with van der Waals surface area (Å²) in [6.45, 7) is 8.32. The number of nitrogens with one attached hydrogen (secondary N) is 2. The highest BCUT2D eigenvalue weighted by Crippen LogP contribution is 2.41. The van der Waals surface area contributed by atoms with Crippen LogP contribution in [0.5, 0.6) is 0 Å². The molecule has 1 saturated heterocycles. The van der Waals surface area contributed by atoms with Crippen molar-refractivity contribution >= 4 is 23.0 Å². The van der Waals surface area contributed by atoms with Crippen LogP contribution in [-0.4, -0.2) is 32.7 Å². The molecule has 3 heterocycles. The molecule has 0 saturated carbocycles. The third-order valence-electron chi connectivity index (χ3n) is 7.02. The molecule has 2 aromatic carbocycles. The smallest absolute Gasteiger partial charge is 0.170 e. The largest absolute Gasteiger partial charge is 0.385 e. The number of nitrogens with zero attached hydrogens (tertiary/aromatic N) is 3. The van der Waals surface area contributed by atoms with Gasteiger partial charge in [0.25, 0.3) is 0 Å². The van der Waals surface area contributed by atoms with Gasteiger partial charge in [-0.25, -0.2) is 0 Å². The molecule has 0 amide bonds. The van der Waals surface area contributed by atoms with Crippen molar-refractivity contribution in [3.8, 4) is 5.69 Å². The number of hydrogen-bond acceptors (Lipinski definition) is 3. The van der Waals surface area contributed by atoms with Crippen molar-refractivity contribution in [2.45, 2.75) is 39.3 Å². The van der Waals surface area contributed by atoms with Crippen LogP contribution in [0.3, 0.4) is 0 Å². The predicted molar refractivity (Wildman–Crippen MR) is 152 cm³/mol. The van der Waals surface area contributed by atoms with Crippen molar-refractivity contribution in [1.29, 1.82) is 0 Å². The van der Waals surface area contributed by atoms with E-state index in [-0.39, 0.29) is 12.1 Å². The second kappa shape index (κ2) is 10.5. The second-order valence-electron chi connectivity index (χ2n) is 9.41. The molecular weight excluding hydrogens is 462 g/mol. The fourth-order valence-corrected chi connectivity index (χ4v) is 5.63. The van der Waals surface area contributed by atoms with E-state index < -0.39 is 0 Å². The van der Waals surface area contributed by atoms with Gasteiger partial charge in [-0.05, 0) is 86.9 Å². The van der Waals surface area contributed by atoms with Gasteiger partial charge in [0, 0.05) is 42.0 Å². The van der Waals surface area contributed by atoms with Gasteiger partial charge in [-0.3, -0.25) is 4.98 Å². The number of hydrogen-bond donors (Lipinski definition) is 2. The molecule has 5 nitrogen and oxygen atoms in total. The first-order valence-electron chi connectivity index (χ1n) is 12.6. The maximum absolute atomic E-state index is 5.89. The molecule has 2 aromatic heterocycles. The highest BCUT2D eigenvalue weighted by atomic mass is 32.1. The zero-order valence-electron chi connectivity index (χ0n) is 21.1. The zero-order chi connectivity index (χ0) is 25.1. The number of thiocarbonyl (C=S) groups is 1. The molecule has 0 radical (unpaired) electrons. The average Bonchev–Trinajstić information content (AvgIpc) is 3.38. The third kappa shape index (κ3) is 4.73. The van der Waals surface area contributed by atoms with E-state index >= 15 is 0 Å². The van der Waals surface area contributed by atoms with Gasteiger partial charge in [-0.2, -0.15) is 0 Å². The number of anilines is 1. The molecule has 2 N–H and O–H groups in total. The summed E-state index contributed by atoms with van der Waals surface area (Å²) in [6, 6.07) is 27.4. The van der Waals surface area contributed by atoms with Gasteiger partial charge in [0.05, 0.1) is 17.8 Å². The summed E-state index contributed by atoms with van der Waals surface area (Å²) in [6.07, 6.45) is 2.83. The fourth-order valence-electron chi connectivity index (χ4n) is 5.30. The normalized spacial score (nSPS) is 17.3. The van der Waals surface area contributed by atoms with Crippen molar-refractivity contribution in [3.63, 3.8) is 0 Å². The Morgan fingerprint density at radius 2 is 1.69 bits per heavy atom. The molecule has 4 aromatic rings. The summed E-state index contributed by atoms with van der Waals surface area (Å²) in [5, 5.41) is 7.91. The average molecular weight is 496 g/mol. The fraction of sp³-hybridized carbons (Fsp3) is 0.267. The van der Waals surface area contributed by atoms with Crippen molar-refractivity contribution in [3.05, 3.63) is 113 Å². The van der Waals surface area contributed by atoms with E-state index in [2.05, 4.69) is 102 Å². The van der Waals surface area contributed by atoms with Crippen molar-refractivity contribution in [2.24, 2.45) is 0 Å². The van der Waals surface area contributed by atoms with E-state index in [1.54, 1.807) is 0 Å². The van der Waals surface area contributed by atoms with E-state index in [1.165, 1.54) is 28.2 Å². The maximum atomic E-state index is 5.89. The van der Waals surface area contributed by atoms with Crippen LogP contribution < -0.4 is 10.6 Å². The quantitative estimate of drug-likeness (QED) is 0.223. The van der Waals surface area contributed by atoms with Gasteiger partial charge in [0.2, 0.25) is 0 Å². The summed E-state index contributed by atoms with van der Waals surface area (Å²) in [5.74, 6) is 0. The van der Waals surface area contributed by atoms with Crippen LogP contribution in [0.2, 0.25) is 0 Å². The van der Waals surface area contributed by atoms with Crippen LogP contribution in [0.4, 0.5) is 5.69 Å². The van der Waals surface area contributed by atoms with Gasteiger partial charge >= 0.3 is 0 Å². The number of rotatable bonds is 8. The molecule has 36 heavy (non-hydrogen) atoms. The molecule has 0 bridgehead atoms. The molecule has 2 unspecified atom stereocenters. The number of aromatic nitrogens is 2. The number of aryl methyl sites for hydroxylation is 2. The Morgan fingerprint density at radius 3 is 2.44 bits per heavy atom. The Kier molecular flexibility index (Phi) is 7.05. The first kappa shape index (κ1) is 24.1. The Morgan fingerprint density at radius 1 is 0.944 bits per heavy atom. The monoisotopic (exact) mass is 495 g/mol. The third-order valence-corrected chi connectivity index (χ3v) is 7.37. The van der Waals surface area contributed by atoms with Gasteiger partial charge in [0.1, 0.15) is 0 Å². The summed E-state index contributed by atoms with van der Waals surface area (Å²) < 4.78 is 2.37. The lowest BCUT2D eigenvalue weighted by atomic mass is 9.96. The Labute approximate surface area is 219 Å². The van der Waals surface area contributed by atoms with Crippen LogP contribution >= 0.6 is 12.2 Å². The minimum atomic E-state index is -0.00778. The predicted octanol–water partition coefficient (Wildman–Crippen LogP) is 6.27. The van der Waals surface area contributed by atoms with Gasteiger partial charge < -0.3 is 20.1 Å². The summed E-state index contributed by atoms with van der Waals surface area (Å²) in [7, 11) is 0. The van der Waals surface area contributed by atoms with E-state index in [0.717, 1.165) is 36.0 Å². The molecule has 184 valence electrons.